The molecule has 1 amide bonds. The van der Waals surface area contributed by atoms with Gasteiger partial charge in [-0.3, -0.25) is 20.3 Å². The van der Waals surface area contributed by atoms with Crippen LogP contribution < -0.4 is 20.7 Å². The summed E-state index contributed by atoms with van der Waals surface area (Å²) < 4.78 is 45.3. The molecule has 2 bridgehead atoms. The zero-order valence-corrected chi connectivity index (χ0v) is 19.3. The zero-order chi connectivity index (χ0) is 24.1. The molecule has 1 aromatic carbocycles. The van der Waals surface area contributed by atoms with Crippen LogP contribution in [0.1, 0.15) is 43.8 Å². The Labute approximate surface area is 199 Å². The molecule has 1 aromatic heterocycles. The van der Waals surface area contributed by atoms with E-state index >= 15 is 0 Å². The predicted molar refractivity (Wildman–Crippen MR) is 118 cm³/mol. The van der Waals surface area contributed by atoms with Crippen LogP contribution in [0.25, 0.3) is 0 Å². The number of amides is 1. The van der Waals surface area contributed by atoms with Crippen LogP contribution in [0, 0.1) is 5.82 Å². The highest BCUT2D eigenvalue weighted by Gasteiger charge is 2.69. The molecule has 3 saturated carbocycles. The number of alkyl halides is 2. The summed E-state index contributed by atoms with van der Waals surface area (Å²) in [5, 5.41) is 13.9. The molecule has 1 saturated heterocycles. The fourth-order valence-electron chi connectivity index (χ4n) is 5.33. The normalized spacial score (nSPS) is 30.5. The summed E-state index contributed by atoms with van der Waals surface area (Å²) >= 11 is 5.65. The summed E-state index contributed by atoms with van der Waals surface area (Å²) in [4.78, 5) is 14.5. The number of halogens is 4. The molecule has 1 aliphatic heterocycles. The molecule has 2 heterocycles. The van der Waals surface area contributed by atoms with Crippen LogP contribution in [0.3, 0.4) is 0 Å². The molecule has 6 rings (SSSR count). The maximum absolute atomic E-state index is 13.5. The molecule has 3 aliphatic carbocycles. The van der Waals surface area contributed by atoms with Crippen LogP contribution in [0.4, 0.5) is 13.2 Å². The fourth-order valence-corrected chi connectivity index (χ4v) is 5.45. The molecule has 0 radical (unpaired) electrons. The third kappa shape index (κ3) is 4.49. The molecule has 8 nitrogen and oxygen atoms in total. The first kappa shape index (κ1) is 23.4. The van der Waals surface area contributed by atoms with E-state index in [0.717, 1.165) is 43.9 Å². The molecule has 184 valence electrons. The van der Waals surface area contributed by atoms with E-state index in [1.807, 2.05) is 7.05 Å². The molecular formula is C22H26ClF3N6O2. The Morgan fingerprint density at radius 3 is 2.79 bits per heavy atom. The van der Waals surface area contributed by atoms with Gasteiger partial charge in [0.2, 0.25) is 0 Å². The van der Waals surface area contributed by atoms with Gasteiger partial charge in [0.25, 0.3) is 5.91 Å². The second kappa shape index (κ2) is 8.71. The van der Waals surface area contributed by atoms with E-state index in [0.29, 0.717) is 4.68 Å². The number of carbonyl (C=O) groups is 1. The Morgan fingerprint density at radius 2 is 2.12 bits per heavy atom. The number of carbonyl (C=O) groups excluding carboxylic acids is 1. The van der Waals surface area contributed by atoms with Crippen molar-refractivity contribution in [3.05, 3.63) is 47.0 Å². The molecule has 2 unspecified atom stereocenters. The lowest BCUT2D eigenvalue weighted by Gasteiger charge is -2.71. The maximum Gasteiger partial charge on any atom is 0.333 e. The second-order valence-corrected chi connectivity index (χ2v) is 9.98. The average molecular weight is 499 g/mol. The van der Waals surface area contributed by atoms with Gasteiger partial charge in [-0.05, 0) is 44.9 Å². The van der Waals surface area contributed by atoms with Crippen molar-refractivity contribution in [1.29, 1.82) is 0 Å². The minimum Gasteiger partial charge on any atom is -0.484 e. The highest BCUT2D eigenvalue weighted by molar-refractivity contribution is 6.30. The first-order chi connectivity index (χ1) is 16.2. The summed E-state index contributed by atoms with van der Waals surface area (Å²) in [5.41, 5.74) is 0.417. The van der Waals surface area contributed by atoms with Crippen LogP contribution in [0.15, 0.2) is 30.6 Å². The van der Waals surface area contributed by atoms with Gasteiger partial charge in [0.1, 0.15) is 17.9 Å². The third-order valence-corrected chi connectivity index (χ3v) is 7.24. The van der Waals surface area contributed by atoms with E-state index in [9.17, 15) is 18.0 Å². The van der Waals surface area contributed by atoms with E-state index < -0.39 is 12.4 Å². The van der Waals surface area contributed by atoms with Crippen molar-refractivity contribution in [2.75, 3.05) is 20.2 Å². The van der Waals surface area contributed by atoms with Gasteiger partial charge in [-0.1, -0.05) is 11.6 Å². The Hall–Kier alpha value is -2.34. The van der Waals surface area contributed by atoms with Gasteiger partial charge in [0.15, 0.2) is 6.61 Å². The molecule has 3 N–H and O–H groups in total. The molecular weight excluding hydrogens is 473 g/mol. The van der Waals surface area contributed by atoms with Crippen molar-refractivity contribution in [3.8, 4) is 5.75 Å². The van der Waals surface area contributed by atoms with Gasteiger partial charge in [-0.2, -0.15) is 13.9 Å². The second-order valence-electron chi connectivity index (χ2n) is 9.57. The standard InChI is InChI=1S/C22H26ClF3N6O2/c1-31-5-4-17(13-7-27-32(8-13)19(25)26)28-20(31)30-22-10-21(11-22,12-22)29-18(33)9-34-14-2-3-15(23)16(24)6-14/h2-3,6-8,17,19-20,28,30H,4-5,9-12H2,1H3,(H,29,33). The van der Waals surface area contributed by atoms with Crippen LogP contribution in [0.5, 0.6) is 5.75 Å². The molecule has 0 spiro atoms. The molecule has 2 aromatic rings. The summed E-state index contributed by atoms with van der Waals surface area (Å²) in [6.07, 6.45) is 5.92. The zero-order valence-electron chi connectivity index (χ0n) is 18.5. The number of rotatable bonds is 8. The van der Waals surface area contributed by atoms with Crippen molar-refractivity contribution in [1.82, 2.24) is 30.6 Å². The van der Waals surface area contributed by atoms with Crippen LogP contribution in [0.2, 0.25) is 5.02 Å². The van der Waals surface area contributed by atoms with Gasteiger partial charge in [-0.15, -0.1) is 0 Å². The fraction of sp³-hybridized carbons (Fsp3) is 0.545. The number of benzene rings is 1. The van der Waals surface area contributed by atoms with Crippen molar-refractivity contribution >= 4 is 17.5 Å². The number of aromatic nitrogens is 2. The summed E-state index contributed by atoms with van der Waals surface area (Å²) in [5.74, 6) is -0.612. The quantitative estimate of drug-likeness (QED) is 0.519. The van der Waals surface area contributed by atoms with Crippen molar-refractivity contribution < 1.29 is 22.7 Å². The minimum absolute atomic E-state index is 0.00360. The van der Waals surface area contributed by atoms with Crippen LogP contribution >= 0.6 is 11.6 Å². The van der Waals surface area contributed by atoms with Gasteiger partial charge in [0, 0.05) is 41.5 Å². The van der Waals surface area contributed by atoms with Crippen molar-refractivity contribution in [2.24, 2.45) is 0 Å². The van der Waals surface area contributed by atoms with Crippen LogP contribution in [-0.4, -0.2) is 58.2 Å². The van der Waals surface area contributed by atoms with Crippen molar-refractivity contribution in [3.63, 3.8) is 0 Å². The highest BCUT2D eigenvalue weighted by Crippen LogP contribution is 2.60. The molecule has 2 atom stereocenters. The number of ether oxygens (including phenoxy) is 1. The Bertz CT molecular complexity index is 1060. The van der Waals surface area contributed by atoms with Gasteiger partial charge >= 0.3 is 6.55 Å². The monoisotopic (exact) mass is 498 g/mol. The number of nitrogens with one attached hydrogen (secondary N) is 3. The smallest absolute Gasteiger partial charge is 0.333 e. The first-order valence-corrected chi connectivity index (χ1v) is 11.5. The van der Waals surface area contributed by atoms with E-state index in [1.165, 1.54) is 24.5 Å². The Kier molecular flexibility index (Phi) is 5.99. The molecule has 34 heavy (non-hydrogen) atoms. The summed E-state index contributed by atoms with van der Waals surface area (Å²) in [6, 6.07) is 3.97. The van der Waals surface area contributed by atoms with Crippen molar-refractivity contribution in [2.45, 2.75) is 55.6 Å². The molecule has 4 aliphatic rings. The maximum atomic E-state index is 13.5. The molecule has 12 heteroatoms. The van der Waals surface area contributed by atoms with Gasteiger partial charge in [-0.25, -0.2) is 9.07 Å². The van der Waals surface area contributed by atoms with E-state index in [-0.39, 0.29) is 46.7 Å². The molecule has 4 fully saturated rings. The first-order valence-electron chi connectivity index (χ1n) is 11.1. The summed E-state index contributed by atoms with van der Waals surface area (Å²) in [7, 11) is 2.00. The van der Waals surface area contributed by atoms with E-state index in [4.69, 9.17) is 16.3 Å². The SMILES string of the molecule is CN1CCC(c2cnn(C(F)F)c2)NC1NC12CC(NC(=O)COc3ccc(Cl)c(F)c3)(C1)C2. The minimum atomic E-state index is -2.65. The summed E-state index contributed by atoms with van der Waals surface area (Å²) in [6.45, 7) is -2.06. The predicted octanol–water partition coefficient (Wildman–Crippen LogP) is 2.78. The number of nitrogens with zero attached hydrogens (tertiary/aromatic N) is 3. The lowest BCUT2D eigenvalue weighted by molar-refractivity contribution is -0.150. The van der Waals surface area contributed by atoms with Crippen LogP contribution in [-0.2, 0) is 4.79 Å². The van der Waals surface area contributed by atoms with Gasteiger partial charge < -0.3 is 10.1 Å². The van der Waals surface area contributed by atoms with E-state index in [1.54, 1.807) is 0 Å². The topological polar surface area (TPSA) is 83.5 Å². The number of hydrogen-bond acceptors (Lipinski definition) is 6. The Balaban J connectivity index is 1.10. The number of hydrogen-bond donors (Lipinski definition) is 3. The Morgan fingerprint density at radius 1 is 1.35 bits per heavy atom. The highest BCUT2D eigenvalue weighted by atomic mass is 35.5. The lowest BCUT2D eigenvalue weighted by Crippen LogP contribution is -2.86. The largest absolute Gasteiger partial charge is 0.484 e. The average Bonchev–Trinajstić information content (AvgIpc) is 3.24. The lowest BCUT2D eigenvalue weighted by atomic mass is 9.44. The third-order valence-electron chi connectivity index (χ3n) is 6.93. The van der Waals surface area contributed by atoms with E-state index in [2.05, 4.69) is 25.9 Å². The van der Waals surface area contributed by atoms with Gasteiger partial charge in [0.05, 0.1) is 11.2 Å².